The molecule has 2 amide bonds. The van der Waals surface area contributed by atoms with Gasteiger partial charge in [0.25, 0.3) is 5.91 Å². The van der Waals surface area contributed by atoms with Crippen LogP contribution in [0.4, 0.5) is 5.69 Å². The molecule has 2 aliphatic carbocycles. The normalized spacial score (nSPS) is 18.0. The fourth-order valence-corrected chi connectivity index (χ4v) is 6.23. The van der Waals surface area contributed by atoms with E-state index in [-0.39, 0.29) is 23.6 Å². The van der Waals surface area contributed by atoms with E-state index in [9.17, 15) is 9.59 Å². The molecular formula is C28H32N2O3S. The fourth-order valence-electron chi connectivity index (χ4n) is 5.42. The number of carbonyl (C=O) groups is 2. The zero-order valence-electron chi connectivity index (χ0n) is 19.4. The molecule has 2 heterocycles. The van der Waals surface area contributed by atoms with Crippen LogP contribution in [0.1, 0.15) is 90.7 Å². The lowest BCUT2D eigenvalue weighted by molar-refractivity contribution is -0.123. The summed E-state index contributed by atoms with van der Waals surface area (Å²) in [7, 11) is 0. The van der Waals surface area contributed by atoms with Crippen molar-refractivity contribution >= 4 is 28.8 Å². The molecule has 0 aliphatic heterocycles. The van der Waals surface area contributed by atoms with Gasteiger partial charge in [-0.2, -0.15) is 0 Å². The first-order chi connectivity index (χ1) is 16.7. The van der Waals surface area contributed by atoms with Crippen LogP contribution in [-0.4, -0.2) is 17.9 Å². The second kappa shape index (κ2) is 10.6. The summed E-state index contributed by atoms with van der Waals surface area (Å²) < 4.78 is 5.48. The highest BCUT2D eigenvalue weighted by Gasteiger charge is 2.36. The number of carbonyl (C=O) groups excluding carboxylic acids is 2. The van der Waals surface area contributed by atoms with Crippen LogP contribution in [-0.2, 0) is 4.79 Å². The predicted molar refractivity (Wildman–Crippen MR) is 135 cm³/mol. The molecule has 5 nitrogen and oxygen atoms in total. The molecule has 2 fully saturated rings. The van der Waals surface area contributed by atoms with E-state index in [0.29, 0.717) is 11.6 Å². The van der Waals surface area contributed by atoms with E-state index in [0.717, 1.165) is 30.6 Å². The molecule has 1 N–H and O–H groups in total. The Morgan fingerprint density at radius 2 is 1.65 bits per heavy atom. The molecule has 0 radical (unpaired) electrons. The van der Waals surface area contributed by atoms with Crippen molar-refractivity contribution in [2.45, 2.75) is 75.8 Å². The molecule has 178 valence electrons. The van der Waals surface area contributed by atoms with Crippen LogP contribution in [0.15, 0.2) is 64.6 Å². The van der Waals surface area contributed by atoms with Crippen LogP contribution >= 0.6 is 11.3 Å². The summed E-state index contributed by atoms with van der Waals surface area (Å²) in [6.45, 7) is 0. The summed E-state index contributed by atoms with van der Waals surface area (Å²) in [5.74, 6) is 0.364. The monoisotopic (exact) mass is 476 g/mol. The number of nitrogens with zero attached hydrogens (tertiary/aromatic N) is 1. The summed E-state index contributed by atoms with van der Waals surface area (Å²) in [6, 6.07) is 14.9. The Morgan fingerprint density at radius 3 is 2.29 bits per heavy atom. The number of benzene rings is 1. The lowest BCUT2D eigenvalue weighted by Gasteiger charge is -2.31. The molecule has 0 spiro atoms. The maximum Gasteiger partial charge on any atom is 0.295 e. The SMILES string of the molecule is O=C(NC1CCCC1)[C@H](c1cccs1)N(C(=O)c1ccco1)c1ccc(C2CCCCC2)cc1. The minimum absolute atomic E-state index is 0.134. The molecule has 0 unspecified atom stereocenters. The number of hydrogen-bond acceptors (Lipinski definition) is 4. The zero-order chi connectivity index (χ0) is 23.3. The average Bonchev–Trinajstić information content (AvgIpc) is 3.67. The first-order valence-corrected chi connectivity index (χ1v) is 13.4. The Morgan fingerprint density at radius 1 is 0.912 bits per heavy atom. The number of amides is 2. The highest BCUT2D eigenvalue weighted by Crippen LogP contribution is 2.36. The Balaban J connectivity index is 1.50. The third-order valence-electron chi connectivity index (χ3n) is 7.22. The van der Waals surface area contributed by atoms with Crippen molar-refractivity contribution in [2.75, 3.05) is 4.90 Å². The van der Waals surface area contributed by atoms with Gasteiger partial charge in [0.1, 0.15) is 0 Å². The van der Waals surface area contributed by atoms with Crippen molar-refractivity contribution in [3.05, 3.63) is 76.4 Å². The maximum absolute atomic E-state index is 13.7. The van der Waals surface area contributed by atoms with Crippen LogP contribution in [0.5, 0.6) is 0 Å². The first kappa shape index (κ1) is 22.9. The van der Waals surface area contributed by atoms with E-state index in [1.165, 1.54) is 55.3 Å². The molecule has 5 rings (SSSR count). The molecule has 3 aromatic rings. The van der Waals surface area contributed by atoms with Crippen molar-refractivity contribution in [1.82, 2.24) is 5.32 Å². The molecule has 1 aromatic carbocycles. The van der Waals surface area contributed by atoms with E-state index in [1.54, 1.807) is 17.0 Å². The number of rotatable bonds is 7. The first-order valence-electron chi connectivity index (χ1n) is 12.5. The van der Waals surface area contributed by atoms with Crippen LogP contribution in [0.25, 0.3) is 0 Å². The Hall–Kier alpha value is -2.86. The minimum atomic E-state index is -0.751. The second-order valence-electron chi connectivity index (χ2n) is 9.49. The Bertz CT molecular complexity index is 1060. The minimum Gasteiger partial charge on any atom is -0.459 e. The van der Waals surface area contributed by atoms with Crippen LogP contribution < -0.4 is 10.2 Å². The third kappa shape index (κ3) is 4.97. The zero-order valence-corrected chi connectivity index (χ0v) is 20.3. The Kier molecular flexibility index (Phi) is 7.14. The molecule has 6 heteroatoms. The summed E-state index contributed by atoms with van der Waals surface area (Å²) >= 11 is 1.50. The smallest absolute Gasteiger partial charge is 0.295 e. The maximum atomic E-state index is 13.7. The van der Waals surface area contributed by atoms with E-state index in [4.69, 9.17) is 4.42 Å². The number of hydrogen-bond donors (Lipinski definition) is 1. The molecule has 1 atom stereocenters. The van der Waals surface area contributed by atoms with Gasteiger partial charge < -0.3 is 9.73 Å². The number of furan rings is 1. The van der Waals surface area contributed by atoms with E-state index < -0.39 is 6.04 Å². The Labute approximate surface area is 205 Å². The standard InChI is InChI=1S/C28H32N2O3S/c31-27(29-22-10-4-5-11-22)26(25-13-7-19-34-25)30(28(32)24-12-6-18-33-24)23-16-14-21(15-17-23)20-8-2-1-3-9-20/h6-7,12-20,22,26H,1-5,8-11H2,(H,29,31)/t26-/m0/s1. The van der Waals surface area contributed by atoms with Crippen molar-refractivity contribution in [1.29, 1.82) is 0 Å². The van der Waals surface area contributed by atoms with Crippen LogP contribution in [0.2, 0.25) is 0 Å². The quantitative estimate of drug-likeness (QED) is 0.406. The van der Waals surface area contributed by atoms with Gasteiger partial charge in [0.2, 0.25) is 5.91 Å². The van der Waals surface area contributed by atoms with Gasteiger partial charge in [-0.1, -0.05) is 50.3 Å². The predicted octanol–water partition coefficient (Wildman–Crippen LogP) is 6.84. The molecular weight excluding hydrogens is 444 g/mol. The lowest BCUT2D eigenvalue weighted by atomic mass is 9.84. The number of anilines is 1. The van der Waals surface area contributed by atoms with Gasteiger partial charge >= 0.3 is 0 Å². The number of nitrogens with one attached hydrogen (secondary N) is 1. The molecule has 2 aliphatic rings. The molecule has 34 heavy (non-hydrogen) atoms. The molecule has 0 bridgehead atoms. The van der Waals surface area contributed by atoms with Gasteiger partial charge in [0, 0.05) is 16.6 Å². The third-order valence-corrected chi connectivity index (χ3v) is 8.14. The lowest BCUT2D eigenvalue weighted by Crippen LogP contribution is -2.46. The molecule has 2 aromatic heterocycles. The van der Waals surface area contributed by atoms with Gasteiger partial charge in [0.15, 0.2) is 11.8 Å². The topological polar surface area (TPSA) is 62.6 Å². The van der Waals surface area contributed by atoms with Gasteiger partial charge in [-0.05, 0) is 72.9 Å². The fraction of sp³-hybridized carbons (Fsp3) is 0.429. The molecule has 0 saturated heterocycles. The van der Waals surface area contributed by atoms with Crippen molar-refractivity contribution in [3.63, 3.8) is 0 Å². The highest BCUT2D eigenvalue weighted by atomic mass is 32.1. The largest absolute Gasteiger partial charge is 0.459 e. The van der Waals surface area contributed by atoms with E-state index in [1.807, 2.05) is 29.6 Å². The van der Waals surface area contributed by atoms with E-state index in [2.05, 4.69) is 17.4 Å². The van der Waals surface area contributed by atoms with Crippen LogP contribution in [0.3, 0.4) is 0 Å². The second-order valence-corrected chi connectivity index (χ2v) is 10.5. The molecule has 2 saturated carbocycles. The summed E-state index contributed by atoms with van der Waals surface area (Å²) in [4.78, 5) is 29.9. The van der Waals surface area contributed by atoms with Crippen molar-refractivity contribution < 1.29 is 14.0 Å². The van der Waals surface area contributed by atoms with Crippen LogP contribution in [0, 0.1) is 0 Å². The summed E-state index contributed by atoms with van der Waals surface area (Å²) in [6.07, 6.45) is 12.0. The van der Waals surface area contributed by atoms with E-state index >= 15 is 0 Å². The number of thiophene rings is 1. The van der Waals surface area contributed by atoms with Gasteiger partial charge in [0.05, 0.1) is 6.26 Å². The van der Waals surface area contributed by atoms with Gasteiger partial charge in [-0.3, -0.25) is 14.5 Å². The average molecular weight is 477 g/mol. The van der Waals surface area contributed by atoms with Crippen molar-refractivity contribution in [2.24, 2.45) is 0 Å². The van der Waals surface area contributed by atoms with Gasteiger partial charge in [-0.15, -0.1) is 11.3 Å². The summed E-state index contributed by atoms with van der Waals surface area (Å²) in [5, 5.41) is 5.18. The van der Waals surface area contributed by atoms with Crippen molar-refractivity contribution in [3.8, 4) is 0 Å². The highest BCUT2D eigenvalue weighted by molar-refractivity contribution is 7.10. The van der Waals surface area contributed by atoms with Gasteiger partial charge in [-0.25, -0.2) is 0 Å². The summed E-state index contributed by atoms with van der Waals surface area (Å²) in [5.41, 5.74) is 2.03.